The Bertz CT molecular complexity index is 538. The number of phenols is 1. The third-order valence-corrected chi connectivity index (χ3v) is 3.99. The Morgan fingerprint density at radius 1 is 1.24 bits per heavy atom. The number of hydrogen-bond donors (Lipinski definition) is 2. The second-order valence-corrected chi connectivity index (χ2v) is 5.55. The molecule has 112 valence electrons. The zero-order chi connectivity index (χ0) is 15.3. The molecule has 0 aromatic heterocycles. The summed E-state index contributed by atoms with van der Waals surface area (Å²) < 4.78 is 13.7. The molecule has 2 rings (SSSR count). The lowest BCUT2D eigenvalue weighted by molar-refractivity contribution is 0.0900. The Kier molecular flexibility index (Phi) is 4.79. The summed E-state index contributed by atoms with van der Waals surface area (Å²) in [5.74, 6) is -1.93. The molecule has 1 saturated carbocycles. The van der Waals surface area contributed by atoms with E-state index in [2.05, 4.69) is 11.4 Å². The van der Waals surface area contributed by atoms with Crippen molar-refractivity contribution >= 4 is 5.91 Å². The number of hydrogen-bond acceptors (Lipinski definition) is 3. The fraction of sp³-hybridized carbons (Fsp3) is 0.500. The Hall–Kier alpha value is -2.09. The minimum Gasteiger partial charge on any atom is -0.507 e. The van der Waals surface area contributed by atoms with E-state index in [-0.39, 0.29) is 0 Å². The van der Waals surface area contributed by atoms with Gasteiger partial charge in [-0.15, -0.1) is 0 Å². The van der Waals surface area contributed by atoms with Gasteiger partial charge in [0.2, 0.25) is 0 Å². The molecule has 0 aliphatic heterocycles. The summed E-state index contributed by atoms with van der Waals surface area (Å²) in [4.78, 5) is 12.3. The number of nitriles is 1. The van der Waals surface area contributed by atoms with E-state index in [9.17, 15) is 19.6 Å². The number of amides is 1. The highest BCUT2D eigenvalue weighted by Gasteiger charge is 2.33. The maximum absolute atomic E-state index is 13.7. The van der Waals surface area contributed by atoms with Crippen LogP contribution in [0.1, 0.15) is 55.3 Å². The molecule has 1 aliphatic rings. The summed E-state index contributed by atoms with van der Waals surface area (Å²) in [6.07, 6.45) is 6.04. The summed E-state index contributed by atoms with van der Waals surface area (Å²) in [6, 6.07) is 5.90. The number of nitrogens with one attached hydrogen (secondary N) is 1. The van der Waals surface area contributed by atoms with Crippen molar-refractivity contribution in [3.63, 3.8) is 0 Å². The normalized spacial score (nSPS) is 18.1. The maximum Gasteiger partial charge on any atom is 0.259 e. The van der Waals surface area contributed by atoms with Gasteiger partial charge in [0.25, 0.3) is 5.91 Å². The summed E-state index contributed by atoms with van der Waals surface area (Å²) in [5, 5.41) is 21.8. The number of rotatable bonds is 2. The van der Waals surface area contributed by atoms with E-state index in [4.69, 9.17) is 0 Å². The van der Waals surface area contributed by atoms with Crippen molar-refractivity contribution in [2.45, 2.75) is 50.5 Å². The fourth-order valence-electron chi connectivity index (χ4n) is 2.79. The first kappa shape index (κ1) is 15.3. The topological polar surface area (TPSA) is 73.1 Å². The number of carbonyl (C=O) groups is 1. The molecule has 1 aromatic carbocycles. The van der Waals surface area contributed by atoms with Gasteiger partial charge in [-0.25, -0.2) is 4.39 Å². The van der Waals surface area contributed by atoms with Crippen LogP contribution < -0.4 is 5.32 Å². The van der Waals surface area contributed by atoms with Crippen molar-refractivity contribution in [3.05, 3.63) is 29.6 Å². The maximum atomic E-state index is 13.7. The van der Waals surface area contributed by atoms with Crippen LogP contribution in [-0.4, -0.2) is 16.6 Å². The van der Waals surface area contributed by atoms with Crippen molar-refractivity contribution in [1.82, 2.24) is 5.32 Å². The molecule has 4 nitrogen and oxygen atoms in total. The van der Waals surface area contributed by atoms with E-state index < -0.39 is 28.6 Å². The number of aromatic hydroxyl groups is 1. The van der Waals surface area contributed by atoms with E-state index in [1.165, 1.54) is 12.1 Å². The lowest BCUT2D eigenvalue weighted by Crippen LogP contribution is -2.48. The van der Waals surface area contributed by atoms with Gasteiger partial charge in [-0.3, -0.25) is 4.79 Å². The van der Waals surface area contributed by atoms with Crippen LogP contribution in [0, 0.1) is 17.1 Å². The predicted molar refractivity (Wildman–Crippen MR) is 76.2 cm³/mol. The van der Waals surface area contributed by atoms with Gasteiger partial charge in [-0.05, 0) is 25.0 Å². The minimum atomic E-state index is -0.966. The van der Waals surface area contributed by atoms with Crippen LogP contribution in [0.3, 0.4) is 0 Å². The average Bonchev–Trinajstić information content (AvgIpc) is 2.42. The largest absolute Gasteiger partial charge is 0.507 e. The second-order valence-electron chi connectivity index (χ2n) is 5.55. The number of nitrogens with zero attached hydrogens (tertiary/aromatic N) is 1. The van der Waals surface area contributed by atoms with Gasteiger partial charge in [0.05, 0.1) is 6.07 Å². The van der Waals surface area contributed by atoms with Gasteiger partial charge >= 0.3 is 0 Å². The summed E-state index contributed by atoms with van der Waals surface area (Å²) in [5.41, 5.74) is -1.36. The molecule has 1 amide bonds. The van der Waals surface area contributed by atoms with Crippen LogP contribution >= 0.6 is 0 Å². The zero-order valence-electron chi connectivity index (χ0n) is 11.9. The highest BCUT2D eigenvalue weighted by molar-refractivity contribution is 5.97. The molecule has 0 atom stereocenters. The first-order valence-electron chi connectivity index (χ1n) is 7.29. The molecule has 0 radical (unpaired) electrons. The van der Waals surface area contributed by atoms with E-state index >= 15 is 0 Å². The lowest BCUT2D eigenvalue weighted by atomic mass is 9.85. The fourth-order valence-corrected chi connectivity index (χ4v) is 2.79. The van der Waals surface area contributed by atoms with Crippen LogP contribution in [0.5, 0.6) is 5.75 Å². The van der Waals surface area contributed by atoms with Crippen LogP contribution in [0.4, 0.5) is 4.39 Å². The smallest absolute Gasteiger partial charge is 0.259 e. The average molecular weight is 290 g/mol. The van der Waals surface area contributed by atoms with Gasteiger partial charge in [0.15, 0.2) is 0 Å². The summed E-state index contributed by atoms with van der Waals surface area (Å²) in [6.45, 7) is 0. The van der Waals surface area contributed by atoms with Gasteiger partial charge in [-0.1, -0.05) is 38.2 Å². The molecule has 1 fully saturated rings. The molecule has 0 spiro atoms. The van der Waals surface area contributed by atoms with Crippen molar-refractivity contribution < 1.29 is 14.3 Å². The third kappa shape index (κ3) is 3.52. The van der Waals surface area contributed by atoms with Crippen LogP contribution in [0.2, 0.25) is 0 Å². The van der Waals surface area contributed by atoms with Gasteiger partial charge in [0.1, 0.15) is 22.7 Å². The molecule has 0 saturated heterocycles. The first-order chi connectivity index (χ1) is 10.1. The van der Waals surface area contributed by atoms with Gasteiger partial charge in [-0.2, -0.15) is 5.26 Å². The molecule has 1 aliphatic carbocycles. The van der Waals surface area contributed by atoms with E-state index in [1.807, 2.05) is 0 Å². The van der Waals surface area contributed by atoms with E-state index in [1.54, 1.807) is 0 Å². The predicted octanol–water partition coefficient (Wildman–Crippen LogP) is 3.27. The van der Waals surface area contributed by atoms with Gasteiger partial charge in [0, 0.05) is 0 Å². The Labute approximate surface area is 123 Å². The molecule has 1 aromatic rings. The number of carbonyl (C=O) groups excluding carboxylic acids is 1. The summed E-state index contributed by atoms with van der Waals surface area (Å²) in [7, 11) is 0. The molecule has 0 bridgehead atoms. The molecule has 0 unspecified atom stereocenters. The molecule has 21 heavy (non-hydrogen) atoms. The molecule has 0 heterocycles. The molecule has 2 N–H and O–H groups in total. The quantitative estimate of drug-likeness (QED) is 0.878. The van der Waals surface area contributed by atoms with Crippen LogP contribution in [0.25, 0.3) is 0 Å². The van der Waals surface area contributed by atoms with Crippen molar-refractivity contribution in [2.75, 3.05) is 0 Å². The van der Waals surface area contributed by atoms with E-state index in [0.29, 0.717) is 12.8 Å². The van der Waals surface area contributed by atoms with Crippen LogP contribution in [0.15, 0.2) is 18.2 Å². The minimum absolute atomic E-state index is 0.394. The lowest BCUT2D eigenvalue weighted by Gasteiger charge is -2.29. The van der Waals surface area contributed by atoms with E-state index in [0.717, 1.165) is 38.2 Å². The Morgan fingerprint density at radius 3 is 2.43 bits per heavy atom. The number of benzene rings is 1. The third-order valence-electron chi connectivity index (χ3n) is 3.99. The highest BCUT2D eigenvalue weighted by atomic mass is 19.1. The SMILES string of the molecule is N#CC1(NC(=O)c2c(O)cccc2F)CCCCCCC1. The first-order valence-corrected chi connectivity index (χ1v) is 7.29. The standard InChI is InChI=1S/C16H19FN2O2/c17-12-7-6-8-13(20)14(12)15(21)19-16(11-18)9-4-2-1-3-5-10-16/h6-8,20H,1-5,9-10H2,(H,19,21). The molecular formula is C16H19FN2O2. The molecular weight excluding hydrogens is 271 g/mol. The van der Waals surface area contributed by atoms with Crippen molar-refractivity contribution in [2.24, 2.45) is 0 Å². The van der Waals surface area contributed by atoms with Crippen molar-refractivity contribution in [3.8, 4) is 11.8 Å². The van der Waals surface area contributed by atoms with Crippen molar-refractivity contribution in [1.29, 1.82) is 5.26 Å². The number of halogens is 1. The Balaban J connectivity index is 2.21. The van der Waals surface area contributed by atoms with Crippen LogP contribution in [-0.2, 0) is 0 Å². The highest BCUT2D eigenvalue weighted by Crippen LogP contribution is 2.27. The van der Waals surface area contributed by atoms with Gasteiger partial charge < -0.3 is 10.4 Å². The second kappa shape index (κ2) is 6.57. The Morgan fingerprint density at radius 2 is 1.86 bits per heavy atom. The monoisotopic (exact) mass is 290 g/mol. The number of phenolic OH excluding ortho intramolecular Hbond substituents is 1. The summed E-state index contributed by atoms with van der Waals surface area (Å²) >= 11 is 0. The zero-order valence-corrected chi connectivity index (χ0v) is 11.9. The molecule has 5 heteroatoms.